The van der Waals surface area contributed by atoms with E-state index in [0.29, 0.717) is 15.7 Å². The standard InChI is InChI=1S/C19H10ClNO6S/c1-9-6-16(22)27-14-8-11(3-5-12(9)14)26-19(23)18-17(20)13-4-2-10(21(24)25)7-15(13)28-18/h2-8H,1H3. The highest BCUT2D eigenvalue weighted by molar-refractivity contribution is 7.21. The Hall–Kier alpha value is -3.23. The van der Waals surface area contributed by atoms with Gasteiger partial charge in [-0.1, -0.05) is 11.6 Å². The predicted molar refractivity (Wildman–Crippen MR) is 106 cm³/mol. The second kappa shape index (κ2) is 6.74. The Morgan fingerprint density at radius 2 is 1.93 bits per heavy atom. The van der Waals surface area contributed by atoms with Gasteiger partial charge in [-0.25, -0.2) is 9.59 Å². The first kappa shape index (κ1) is 18.1. The van der Waals surface area contributed by atoms with Gasteiger partial charge in [0.25, 0.3) is 5.69 Å². The molecule has 2 heterocycles. The van der Waals surface area contributed by atoms with E-state index in [1.807, 2.05) is 0 Å². The zero-order valence-corrected chi connectivity index (χ0v) is 15.8. The van der Waals surface area contributed by atoms with Crippen molar-refractivity contribution in [3.63, 3.8) is 0 Å². The number of nitrogens with zero attached hydrogens (tertiary/aromatic N) is 1. The number of carbonyl (C=O) groups is 1. The second-order valence-corrected chi connectivity index (χ2v) is 7.41. The smallest absolute Gasteiger partial charge is 0.355 e. The van der Waals surface area contributed by atoms with E-state index in [1.54, 1.807) is 19.1 Å². The molecule has 28 heavy (non-hydrogen) atoms. The number of nitro groups is 1. The van der Waals surface area contributed by atoms with Crippen LogP contribution >= 0.6 is 22.9 Å². The van der Waals surface area contributed by atoms with Crippen LogP contribution in [0.4, 0.5) is 5.69 Å². The molecule has 0 bridgehead atoms. The maximum absolute atomic E-state index is 12.6. The summed E-state index contributed by atoms with van der Waals surface area (Å²) >= 11 is 7.27. The van der Waals surface area contributed by atoms with Gasteiger partial charge in [-0.05, 0) is 30.7 Å². The summed E-state index contributed by atoms with van der Waals surface area (Å²) in [6.45, 7) is 1.78. The van der Waals surface area contributed by atoms with Crippen LogP contribution in [0.1, 0.15) is 15.2 Å². The van der Waals surface area contributed by atoms with Crippen LogP contribution in [0.3, 0.4) is 0 Å². The Labute approximate surface area is 165 Å². The summed E-state index contributed by atoms with van der Waals surface area (Å²) in [5.41, 5.74) is 0.458. The zero-order chi connectivity index (χ0) is 20.0. The number of thiophene rings is 1. The lowest BCUT2D eigenvalue weighted by atomic mass is 10.1. The first-order valence-electron chi connectivity index (χ1n) is 7.96. The normalized spacial score (nSPS) is 11.1. The van der Waals surface area contributed by atoms with Gasteiger partial charge in [-0.15, -0.1) is 11.3 Å². The van der Waals surface area contributed by atoms with Crippen molar-refractivity contribution in [3.8, 4) is 5.75 Å². The van der Waals surface area contributed by atoms with Crippen LogP contribution in [0.5, 0.6) is 5.75 Å². The summed E-state index contributed by atoms with van der Waals surface area (Å²) in [5, 5.41) is 12.4. The van der Waals surface area contributed by atoms with Crippen LogP contribution in [0.2, 0.25) is 5.02 Å². The van der Waals surface area contributed by atoms with E-state index in [2.05, 4.69) is 0 Å². The molecule has 0 aliphatic rings. The average molecular weight is 416 g/mol. The van der Waals surface area contributed by atoms with Crippen molar-refractivity contribution >= 4 is 55.6 Å². The highest BCUT2D eigenvalue weighted by Crippen LogP contribution is 2.38. The number of halogens is 1. The van der Waals surface area contributed by atoms with Crippen LogP contribution in [-0.2, 0) is 0 Å². The molecule has 0 saturated heterocycles. The molecule has 0 unspecified atom stereocenters. The molecule has 0 spiro atoms. The van der Waals surface area contributed by atoms with Crippen molar-refractivity contribution in [3.05, 3.63) is 78.5 Å². The molecule has 2 aromatic carbocycles. The number of carbonyl (C=O) groups excluding carboxylic acids is 1. The molecule has 7 nitrogen and oxygen atoms in total. The average Bonchev–Trinajstić information content (AvgIpc) is 2.97. The fourth-order valence-corrected chi connectivity index (χ4v) is 4.24. The Morgan fingerprint density at radius 1 is 1.18 bits per heavy atom. The summed E-state index contributed by atoms with van der Waals surface area (Å²) in [6.07, 6.45) is 0. The molecule has 4 rings (SSSR count). The number of aryl methyl sites for hydroxylation is 1. The Balaban J connectivity index is 1.70. The molecule has 0 atom stereocenters. The third kappa shape index (κ3) is 3.12. The molecule has 0 fully saturated rings. The SMILES string of the molecule is Cc1cc(=O)oc2cc(OC(=O)c3sc4cc([N+](=O)[O-])ccc4c3Cl)ccc12. The molecule has 140 valence electrons. The van der Waals surface area contributed by atoms with Gasteiger partial charge < -0.3 is 9.15 Å². The van der Waals surface area contributed by atoms with Gasteiger partial charge in [0, 0.05) is 39.7 Å². The summed E-state index contributed by atoms with van der Waals surface area (Å²) in [5.74, 6) is -0.519. The zero-order valence-electron chi connectivity index (χ0n) is 14.2. The molecule has 0 radical (unpaired) electrons. The van der Waals surface area contributed by atoms with Gasteiger partial charge in [0.05, 0.1) is 9.95 Å². The van der Waals surface area contributed by atoms with Crippen LogP contribution in [0.25, 0.3) is 21.1 Å². The summed E-state index contributed by atoms with van der Waals surface area (Å²) in [7, 11) is 0. The quantitative estimate of drug-likeness (QED) is 0.152. The van der Waals surface area contributed by atoms with E-state index in [4.69, 9.17) is 20.8 Å². The Morgan fingerprint density at radius 3 is 2.68 bits per heavy atom. The Bertz CT molecular complexity index is 1340. The number of hydrogen-bond acceptors (Lipinski definition) is 7. The fraction of sp³-hybridized carbons (Fsp3) is 0.0526. The number of ether oxygens (including phenoxy) is 1. The first-order valence-corrected chi connectivity index (χ1v) is 9.16. The largest absolute Gasteiger partial charge is 0.423 e. The molecule has 0 aliphatic heterocycles. The number of esters is 1. The lowest BCUT2D eigenvalue weighted by molar-refractivity contribution is -0.384. The molecule has 9 heteroatoms. The predicted octanol–water partition coefficient (Wildman–Crippen LogP) is 5.10. The van der Waals surface area contributed by atoms with Gasteiger partial charge in [-0.3, -0.25) is 10.1 Å². The van der Waals surface area contributed by atoms with Crippen molar-refractivity contribution in [2.24, 2.45) is 0 Å². The Kier molecular flexibility index (Phi) is 4.37. The monoisotopic (exact) mass is 415 g/mol. The lowest BCUT2D eigenvalue weighted by Gasteiger charge is -2.05. The number of nitro benzene ring substituents is 1. The number of non-ortho nitro benzene ring substituents is 1. The van der Waals surface area contributed by atoms with Crippen molar-refractivity contribution in [2.45, 2.75) is 6.92 Å². The molecule has 0 N–H and O–H groups in total. The number of rotatable bonds is 3. The number of benzene rings is 2. The highest BCUT2D eigenvalue weighted by Gasteiger charge is 2.21. The molecule has 4 aromatic rings. The highest BCUT2D eigenvalue weighted by atomic mass is 35.5. The first-order chi connectivity index (χ1) is 13.3. The van der Waals surface area contributed by atoms with E-state index in [0.717, 1.165) is 22.3 Å². The van der Waals surface area contributed by atoms with E-state index in [-0.39, 0.29) is 21.3 Å². The van der Waals surface area contributed by atoms with Gasteiger partial charge in [0.1, 0.15) is 16.2 Å². The van der Waals surface area contributed by atoms with Crippen LogP contribution in [0, 0.1) is 17.0 Å². The molecule has 0 saturated carbocycles. The summed E-state index contributed by atoms with van der Waals surface area (Å²) in [6, 6.07) is 10.3. The van der Waals surface area contributed by atoms with Gasteiger partial charge in [-0.2, -0.15) is 0 Å². The molecular weight excluding hydrogens is 406 g/mol. The van der Waals surface area contributed by atoms with Gasteiger partial charge in [0.2, 0.25) is 0 Å². The maximum atomic E-state index is 12.6. The van der Waals surface area contributed by atoms with Crippen molar-refractivity contribution in [1.82, 2.24) is 0 Å². The maximum Gasteiger partial charge on any atom is 0.355 e. The third-order valence-corrected chi connectivity index (χ3v) is 5.78. The van der Waals surface area contributed by atoms with E-state index < -0.39 is 16.5 Å². The minimum atomic E-state index is -0.705. The van der Waals surface area contributed by atoms with Crippen LogP contribution in [-0.4, -0.2) is 10.9 Å². The number of hydrogen-bond donors (Lipinski definition) is 0. The molecule has 0 aliphatic carbocycles. The van der Waals surface area contributed by atoms with Crippen molar-refractivity contribution < 1.29 is 18.9 Å². The second-order valence-electron chi connectivity index (χ2n) is 5.98. The van der Waals surface area contributed by atoms with Crippen LogP contribution in [0.15, 0.2) is 51.7 Å². The van der Waals surface area contributed by atoms with Crippen LogP contribution < -0.4 is 10.4 Å². The molecular formula is C19H10ClNO6S. The summed E-state index contributed by atoms with van der Waals surface area (Å²) in [4.78, 5) is 34.6. The van der Waals surface area contributed by atoms with E-state index in [9.17, 15) is 19.7 Å². The van der Waals surface area contributed by atoms with Crippen molar-refractivity contribution in [1.29, 1.82) is 0 Å². The van der Waals surface area contributed by atoms with Gasteiger partial charge in [0.15, 0.2) is 0 Å². The van der Waals surface area contributed by atoms with E-state index in [1.165, 1.54) is 30.3 Å². The van der Waals surface area contributed by atoms with E-state index >= 15 is 0 Å². The topological polar surface area (TPSA) is 99.7 Å². The summed E-state index contributed by atoms with van der Waals surface area (Å²) < 4.78 is 11.0. The molecule has 0 amide bonds. The minimum absolute atomic E-state index is 0.0924. The fourth-order valence-electron chi connectivity index (χ4n) is 2.82. The lowest BCUT2D eigenvalue weighted by Crippen LogP contribution is -2.07. The third-order valence-electron chi connectivity index (χ3n) is 4.14. The minimum Gasteiger partial charge on any atom is -0.423 e. The molecule has 2 aromatic heterocycles. The number of fused-ring (bicyclic) bond motifs is 2. The van der Waals surface area contributed by atoms with Gasteiger partial charge >= 0.3 is 11.6 Å². The van der Waals surface area contributed by atoms with Crippen molar-refractivity contribution in [2.75, 3.05) is 0 Å².